The normalized spacial score (nSPS) is 10.8. The van der Waals surface area contributed by atoms with Gasteiger partial charge in [0.25, 0.3) is 11.6 Å². The van der Waals surface area contributed by atoms with Gasteiger partial charge in [-0.15, -0.1) is 0 Å². The monoisotopic (exact) mass is 700 g/mol. The van der Waals surface area contributed by atoms with Crippen molar-refractivity contribution in [1.29, 1.82) is 0 Å². The topological polar surface area (TPSA) is 166 Å². The molecule has 12 heteroatoms. The van der Waals surface area contributed by atoms with Crippen LogP contribution in [0.1, 0.15) is 126 Å². The van der Waals surface area contributed by atoms with E-state index in [1.54, 1.807) is 12.1 Å². The molecule has 2 aromatic carbocycles. The standard InChI is InChI=1S/C38H56N2O10/c1-2-3-4-5-6-7-8-9-10-11-12-13-14-15-16-17-22-49-34-25-31(38(45)39(29-36(41)42)30-37(43)44)26-35(28-34)50-24-19-23-48-33-21-18-20-32(27-33)40(46)47/h18,20-21,25-28H,2-17,19,22-24,29-30H2,1H3,(H,41,42)(H,43,44). The summed E-state index contributed by atoms with van der Waals surface area (Å²) in [6, 6.07) is 10.4. The third-order valence-corrected chi connectivity index (χ3v) is 8.19. The van der Waals surface area contributed by atoms with Gasteiger partial charge in [0.15, 0.2) is 0 Å². The molecular weight excluding hydrogens is 644 g/mol. The van der Waals surface area contributed by atoms with Gasteiger partial charge in [-0.3, -0.25) is 24.5 Å². The Hall–Kier alpha value is -4.35. The van der Waals surface area contributed by atoms with Crippen LogP contribution in [-0.2, 0) is 9.59 Å². The quantitative estimate of drug-likeness (QED) is 0.0457. The van der Waals surface area contributed by atoms with Gasteiger partial charge in [0, 0.05) is 24.1 Å². The number of amides is 1. The molecule has 0 saturated heterocycles. The second kappa shape index (κ2) is 25.6. The van der Waals surface area contributed by atoms with Crippen LogP contribution in [0.15, 0.2) is 42.5 Å². The molecule has 0 aromatic heterocycles. The number of carboxylic acids is 2. The molecule has 2 N–H and O–H groups in total. The summed E-state index contributed by atoms with van der Waals surface area (Å²) in [4.78, 5) is 47.0. The van der Waals surface area contributed by atoms with Crippen molar-refractivity contribution >= 4 is 23.5 Å². The van der Waals surface area contributed by atoms with Crippen LogP contribution in [0.5, 0.6) is 17.2 Å². The molecule has 1 amide bonds. The zero-order valence-electron chi connectivity index (χ0n) is 29.7. The Morgan fingerprint density at radius 2 is 1.06 bits per heavy atom. The molecule has 0 fully saturated rings. The Balaban J connectivity index is 1.80. The number of unbranched alkanes of at least 4 members (excludes halogenated alkanes) is 15. The van der Waals surface area contributed by atoms with Gasteiger partial charge < -0.3 is 29.3 Å². The van der Waals surface area contributed by atoms with Crippen molar-refractivity contribution in [3.8, 4) is 17.2 Å². The predicted octanol–water partition coefficient (Wildman–Crippen LogP) is 8.69. The number of benzene rings is 2. The first kappa shape index (κ1) is 41.8. The summed E-state index contributed by atoms with van der Waals surface area (Å²) in [6.45, 7) is 1.51. The number of nitro groups is 1. The largest absolute Gasteiger partial charge is 0.493 e. The fraction of sp³-hybridized carbons (Fsp3) is 0.605. The van der Waals surface area contributed by atoms with E-state index in [1.807, 2.05) is 0 Å². The zero-order chi connectivity index (χ0) is 36.4. The summed E-state index contributed by atoms with van der Waals surface area (Å²) in [5.74, 6) is -2.45. The minimum atomic E-state index is -1.34. The number of non-ortho nitro benzene ring substituents is 1. The summed E-state index contributed by atoms with van der Waals surface area (Å²) >= 11 is 0. The van der Waals surface area contributed by atoms with E-state index in [4.69, 9.17) is 14.2 Å². The second-order valence-corrected chi connectivity index (χ2v) is 12.6. The molecule has 2 rings (SSSR count). The predicted molar refractivity (Wildman–Crippen MR) is 191 cm³/mol. The lowest BCUT2D eigenvalue weighted by Crippen LogP contribution is -2.39. The highest BCUT2D eigenvalue weighted by atomic mass is 16.6. The number of hydrogen-bond acceptors (Lipinski definition) is 8. The summed E-state index contributed by atoms with van der Waals surface area (Å²) < 4.78 is 17.4. The Bertz CT molecular complexity index is 1290. The third kappa shape index (κ3) is 19.0. The van der Waals surface area contributed by atoms with Crippen molar-refractivity contribution in [1.82, 2.24) is 4.90 Å². The number of aliphatic carboxylic acids is 2. The van der Waals surface area contributed by atoms with Crippen LogP contribution in [0.3, 0.4) is 0 Å². The summed E-state index contributed by atoms with van der Waals surface area (Å²) in [6.07, 6.45) is 20.6. The van der Waals surface area contributed by atoms with Crippen molar-refractivity contribution in [2.45, 2.75) is 116 Å². The number of nitrogens with zero attached hydrogens (tertiary/aromatic N) is 2. The molecule has 0 radical (unpaired) electrons. The number of nitro benzene ring substituents is 1. The highest BCUT2D eigenvalue weighted by molar-refractivity contribution is 5.98. The van der Waals surface area contributed by atoms with E-state index >= 15 is 0 Å². The third-order valence-electron chi connectivity index (χ3n) is 8.19. The summed E-state index contributed by atoms with van der Waals surface area (Å²) in [5, 5.41) is 29.4. The van der Waals surface area contributed by atoms with Crippen LogP contribution in [0.4, 0.5) is 5.69 Å². The van der Waals surface area contributed by atoms with Gasteiger partial charge in [0.1, 0.15) is 30.3 Å². The van der Waals surface area contributed by atoms with Crippen molar-refractivity contribution in [2.24, 2.45) is 0 Å². The van der Waals surface area contributed by atoms with Crippen LogP contribution in [0.25, 0.3) is 0 Å². The minimum absolute atomic E-state index is 0.0415. The van der Waals surface area contributed by atoms with E-state index in [0.717, 1.165) is 24.2 Å². The first-order valence-electron chi connectivity index (χ1n) is 18.2. The fourth-order valence-electron chi connectivity index (χ4n) is 5.54. The van der Waals surface area contributed by atoms with Crippen LogP contribution in [0.2, 0.25) is 0 Å². The van der Waals surface area contributed by atoms with E-state index in [0.29, 0.717) is 30.3 Å². The average Bonchev–Trinajstić information content (AvgIpc) is 3.08. The molecule has 0 aliphatic carbocycles. The molecule has 0 aliphatic rings. The smallest absolute Gasteiger partial charge is 0.323 e. The van der Waals surface area contributed by atoms with Gasteiger partial charge in [-0.05, 0) is 24.6 Å². The molecule has 50 heavy (non-hydrogen) atoms. The number of carboxylic acid groups (broad SMARTS) is 2. The maximum atomic E-state index is 13.2. The SMILES string of the molecule is CCCCCCCCCCCCCCCCCCOc1cc(OCCCOc2cccc([N+](=O)[O-])c2)cc(C(=O)N(CC(=O)O)CC(=O)O)c1. The molecule has 0 atom stereocenters. The number of carbonyl (C=O) groups excluding carboxylic acids is 1. The molecule has 0 heterocycles. The van der Waals surface area contributed by atoms with Crippen LogP contribution in [-0.4, -0.2) is 70.8 Å². The maximum absolute atomic E-state index is 13.2. The van der Waals surface area contributed by atoms with Gasteiger partial charge in [0.2, 0.25) is 0 Å². The molecule has 278 valence electrons. The van der Waals surface area contributed by atoms with Crippen LogP contribution < -0.4 is 14.2 Å². The maximum Gasteiger partial charge on any atom is 0.323 e. The Morgan fingerprint density at radius 3 is 1.52 bits per heavy atom. The number of carbonyl (C=O) groups is 3. The number of ether oxygens (including phenoxy) is 3. The summed E-state index contributed by atoms with van der Waals surface area (Å²) in [5.41, 5.74) is -0.0352. The lowest BCUT2D eigenvalue weighted by molar-refractivity contribution is -0.384. The van der Waals surface area contributed by atoms with Gasteiger partial charge in [-0.25, -0.2) is 0 Å². The lowest BCUT2D eigenvalue weighted by atomic mass is 10.0. The molecule has 0 aliphatic heterocycles. The van der Waals surface area contributed by atoms with E-state index in [1.165, 1.54) is 114 Å². The molecular formula is C38H56N2O10. The minimum Gasteiger partial charge on any atom is -0.493 e. The van der Waals surface area contributed by atoms with Crippen LogP contribution in [0, 0.1) is 10.1 Å². The van der Waals surface area contributed by atoms with Crippen LogP contribution >= 0.6 is 0 Å². The van der Waals surface area contributed by atoms with Crippen molar-refractivity contribution in [3.05, 3.63) is 58.1 Å². The first-order chi connectivity index (χ1) is 24.2. The average molecular weight is 701 g/mol. The van der Waals surface area contributed by atoms with Crippen molar-refractivity contribution in [3.63, 3.8) is 0 Å². The van der Waals surface area contributed by atoms with E-state index in [-0.39, 0.29) is 24.5 Å². The Morgan fingerprint density at radius 1 is 0.620 bits per heavy atom. The molecule has 0 unspecified atom stereocenters. The van der Waals surface area contributed by atoms with Gasteiger partial charge in [-0.1, -0.05) is 109 Å². The second-order valence-electron chi connectivity index (χ2n) is 12.6. The van der Waals surface area contributed by atoms with Gasteiger partial charge in [0.05, 0.1) is 30.8 Å². The molecule has 2 aromatic rings. The lowest BCUT2D eigenvalue weighted by Gasteiger charge is -2.19. The Labute approximate surface area is 296 Å². The van der Waals surface area contributed by atoms with Gasteiger partial charge in [-0.2, -0.15) is 0 Å². The van der Waals surface area contributed by atoms with E-state index in [9.17, 15) is 34.7 Å². The van der Waals surface area contributed by atoms with E-state index in [2.05, 4.69) is 6.92 Å². The molecule has 0 spiro atoms. The number of hydrogen-bond donors (Lipinski definition) is 2. The fourth-order valence-corrected chi connectivity index (χ4v) is 5.54. The zero-order valence-corrected chi connectivity index (χ0v) is 29.7. The van der Waals surface area contributed by atoms with Crippen molar-refractivity contribution < 1.29 is 43.7 Å². The number of rotatable bonds is 30. The highest BCUT2D eigenvalue weighted by Crippen LogP contribution is 2.25. The Kier molecular flexibility index (Phi) is 21.4. The highest BCUT2D eigenvalue weighted by Gasteiger charge is 2.22. The summed E-state index contributed by atoms with van der Waals surface area (Å²) in [7, 11) is 0. The molecule has 0 bridgehead atoms. The first-order valence-corrected chi connectivity index (χ1v) is 18.2. The van der Waals surface area contributed by atoms with Gasteiger partial charge >= 0.3 is 11.9 Å². The van der Waals surface area contributed by atoms with Crippen molar-refractivity contribution in [2.75, 3.05) is 32.9 Å². The molecule has 0 saturated carbocycles. The molecule has 12 nitrogen and oxygen atoms in total. The van der Waals surface area contributed by atoms with E-state index < -0.39 is 35.9 Å².